The van der Waals surface area contributed by atoms with E-state index < -0.39 is 0 Å². The van der Waals surface area contributed by atoms with Crippen LogP contribution in [0.4, 0.5) is 17.3 Å². The minimum absolute atomic E-state index is 0.181. The van der Waals surface area contributed by atoms with Crippen LogP contribution in [0, 0.1) is 0 Å². The molecule has 6 heteroatoms. The molecule has 0 fully saturated rings. The molecular weight excluding hydrogens is 304 g/mol. The molecule has 0 radical (unpaired) electrons. The monoisotopic (exact) mass is 322 g/mol. The minimum atomic E-state index is 0.181. The Morgan fingerprint density at radius 2 is 1.71 bits per heavy atom. The highest BCUT2D eigenvalue weighted by atomic mass is 16.5. The van der Waals surface area contributed by atoms with Crippen LogP contribution in [0.1, 0.15) is 0 Å². The Hall–Kier alpha value is -3.28. The molecule has 3 aromatic rings. The van der Waals surface area contributed by atoms with Crippen LogP contribution in [0.2, 0.25) is 0 Å². The van der Waals surface area contributed by atoms with Gasteiger partial charge in [-0.15, -0.1) is 0 Å². The van der Waals surface area contributed by atoms with Gasteiger partial charge in [-0.25, -0.2) is 9.97 Å². The van der Waals surface area contributed by atoms with Crippen LogP contribution in [-0.4, -0.2) is 29.2 Å². The highest BCUT2D eigenvalue weighted by molar-refractivity contribution is 5.55. The second kappa shape index (κ2) is 6.87. The number of hydrogen-bond acceptors (Lipinski definition) is 6. The first-order valence-corrected chi connectivity index (χ1v) is 7.43. The molecular formula is C18H18N4O2. The molecule has 0 saturated heterocycles. The fourth-order valence-electron chi connectivity index (χ4n) is 2.11. The molecule has 0 atom stereocenters. The molecule has 1 aromatic heterocycles. The summed E-state index contributed by atoms with van der Waals surface area (Å²) in [5.74, 6) is 1.88. The molecule has 24 heavy (non-hydrogen) atoms. The molecule has 0 unspecified atom stereocenters. The maximum Gasteiger partial charge on any atom is 0.227 e. The molecule has 0 amide bonds. The number of nitrogens with zero attached hydrogens (tertiary/aromatic N) is 3. The van der Waals surface area contributed by atoms with Gasteiger partial charge < -0.3 is 20.1 Å². The summed E-state index contributed by atoms with van der Waals surface area (Å²) in [4.78, 5) is 10.4. The molecule has 3 rings (SSSR count). The van der Waals surface area contributed by atoms with E-state index in [0.29, 0.717) is 17.4 Å². The number of aromatic hydroxyl groups is 1. The summed E-state index contributed by atoms with van der Waals surface area (Å²) in [5.41, 5.74) is 1.76. The lowest BCUT2D eigenvalue weighted by atomic mass is 10.3. The van der Waals surface area contributed by atoms with Crippen LogP contribution in [0.3, 0.4) is 0 Å². The largest absolute Gasteiger partial charge is 0.508 e. The number of nitrogens with one attached hydrogen (secondary N) is 1. The van der Waals surface area contributed by atoms with Crippen LogP contribution in [0.25, 0.3) is 0 Å². The molecule has 6 nitrogen and oxygen atoms in total. The van der Waals surface area contributed by atoms with Crippen LogP contribution in [-0.2, 0) is 0 Å². The van der Waals surface area contributed by atoms with Crippen LogP contribution in [0.15, 0.2) is 60.9 Å². The summed E-state index contributed by atoms with van der Waals surface area (Å²) in [6.45, 7) is 0. The van der Waals surface area contributed by atoms with Gasteiger partial charge in [0.15, 0.2) is 5.75 Å². The van der Waals surface area contributed by atoms with Crippen LogP contribution >= 0.6 is 0 Å². The number of phenols is 1. The lowest BCUT2D eigenvalue weighted by molar-refractivity contribution is 0.475. The number of aromatic nitrogens is 2. The number of benzene rings is 2. The van der Waals surface area contributed by atoms with Gasteiger partial charge in [0, 0.05) is 37.6 Å². The summed E-state index contributed by atoms with van der Waals surface area (Å²) in [6.07, 6.45) is 3.20. The van der Waals surface area contributed by atoms with E-state index in [2.05, 4.69) is 15.3 Å². The van der Waals surface area contributed by atoms with Crippen molar-refractivity contribution in [1.82, 2.24) is 9.97 Å². The van der Waals surface area contributed by atoms with Gasteiger partial charge in [0.2, 0.25) is 5.95 Å². The van der Waals surface area contributed by atoms with Crippen molar-refractivity contribution in [2.45, 2.75) is 0 Å². The average Bonchev–Trinajstić information content (AvgIpc) is 2.57. The first-order chi connectivity index (χ1) is 11.6. The van der Waals surface area contributed by atoms with Gasteiger partial charge in [0.05, 0.1) is 12.4 Å². The number of ether oxygens (including phenoxy) is 1. The zero-order valence-corrected chi connectivity index (χ0v) is 13.5. The van der Waals surface area contributed by atoms with E-state index in [1.807, 2.05) is 49.3 Å². The van der Waals surface area contributed by atoms with Gasteiger partial charge in [-0.05, 0) is 24.3 Å². The van der Waals surface area contributed by atoms with Gasteiger partial charge in [0.1, 0.15) is 11.5 Å². The Balaban J connectivity index is 1.69. The lowest BCUT2D eigenvalue weighted by Gasteiger charge is -2.13. The summed E-state index contributed by atoms with van der Waals surface area (Å²) in [6, 6.07) is 14.5. The molecule has 0 spiro atoms. The van der Waals surface area contributed by atoms with Crippen molar-refractivity contribution >= 4 is 17.3 Å². The van der Waals surface area contributed by atoms with Gasteiger partial charge in [0.25, 0.3) is 0 Å². The first kappa shape index (κ1) is 15.6. The van der Waals surface area contributed by atoms with Gasteiger partial charge >= 0.3 is 0 Å². The van der Waals surface area contributed by atoms with Crippen molar-refractivity contribution < 1.29 is 9.84 Å². The molecule has 0 aliphatic rings. The second-order valence-electron chi connectivity index (χ2n) is 5.41. The summed E-state index contributed by atoms with van der Waals surface area (Å²) in [7, 11) is 3.95. The SMILES string of the molecule is CN(C)c1cccc(Oc2cnc(Nc3cccc(O)c3)nc2)c1. The highest BCUT2D eigenvalue weighted by Gasteiger charge is 2.03. The van der Waals surface area contributed by atoms with Crippen LogP contribution < -0.4 is 15.0 Å². The van der Waals surface area contributed by atoms with Crippen molar-refractivity contribution in [2.75, 3.05) is 24.3 Å². The quantitative estimate of drug-likeness (QED) is 0.745. The standard InChI is InChI=1S/C18H18N4O2/c1-22(2)14-6-4-8-16(10-14)24-17-11-19-18(20-12-17)21-13-5-3-7-15(23)9-13/h3-12,23H,1-2H3,(H,19,20,21). The predicted octanol–water partition coefficient (Wildman–Crippen LogP) is 3.78. The normalized spacial score (nSPS) is 10.2. The molecule has 122 valence electrons. The van der Waals surface area contributed by atoms with Crippen molar-refractivity contribution in [2.24, 2.45) is 0 Å². The summed E-state index contributed by atoms with van der Waals surface area (Å²) >= 11 is 0. The highest BCUT2D eigenvalue weighted by Crippen LogP contribution is 2.25. The Morgan fingerprint density at radius 1 is 0.958 bits per heavy atom. The maximum absolute atomic E-state index is 9.46. The summed E-state index contributed by atoms with van der Waals surface area (Å²) in [5, 5.41) is 12.5. The first-order valence-electron chi connectivity index (χ1n) is 7.43. The van der Waals surface area contributed by atoms with Gasteiger partial charge in [-0.3, -0.25) is 0 Å². The van der Waals surface area contributed by atoms with Crippen molar-refractivity contribution in [1.29, 1.82) is 0 Å². The van der Waals surface area contributed by atoms with E-state index in [1.54, 1.807) is 30.6 Å². The van der Waals surface area contributed by atoms with Crippen molar-refractivity contribution in [3.63, 3.8) is 0 Å². The molecule has 1 heterocycles. The number of phenolic OH excluding ortho intramolecular Hbond substituents is 1. The van der Waals surface area contributed by atoms with E-state index in [4.69, 9.17) is 4.74 Å². The number of rotatable bonds is 5. The molecule has 0 aliphatic heterocycles. The smallest absolute Gasteiger partial charge is 0.227 e. The molecule has 0 bridgehead atoms. The van der Waals surface area contributed by atoms with E-state index >= 15 is 0 Å². The summed E-state index contributed by atoms with van der Waals surface area (Å²) < 4.78 is 5.77. The fourth-order valence-corrected chi connectivity index (χ4v) is 2.11. The third-order valence-corrected chi connectivity index (χ3v) is 3.30. The Morgan fingerprint density at radius 3 is 2.42 bits per heavy atom. The minimum Gasteiger partial charge on any atom is -0.508 e. The third-order valence-electron chi connectivity index (χ3n) is 3.30. The zero-order chi connectivity index (χ0) is 16.9. The maximum atomic E-state index is 9.46. The van der Waals surface area contributed by atoms with Gasteiger partial charge in [-0.1, -0.05) is 12.1 Å². The predicted molar refractivity (Wildman–Crippen MR) is 94.3 cm³/mol. The second-order valence-corrected chi connectivity index (χ2v) is 5.41. The van der Waals surface area contributed by atoms with E-state index in [1.165, 1.54) is 0 Å². The van der Waals surface area contributed by atoms with E-state index in [-0.39, 0.29) is 5.75 Å². The fraction of sp³-hybridized carbons (Fsp3) is 0.111. The molecule has 2 aromatic carbocycles. The van der Waals surface area contributed by atoms with Crippen LogP contribution in [0.5, 0.6) is 17.2 Å². The number of hydrogen-bond donors (Lipinski definition) is 2. The zero-order valence-electron chi connectivity index (χ0n) is 13.5. The molecule has 2 N–H and O–H groups in total. The Bertz CT molecular complexity index is 819. The third kappa shape index (κ3) is 3.92. The lowest BCUT2D eigenvalue weighted by Crippen LogP contribution is -2.08. The topological polar surface area (TPSA) is 70.5 Å². The van der Waals surface area contributed by atoms with E-state index in [0.717, 1.165) is 11.4 Å². The van der Waals surface area contributed by atoms with E-state index in [9.17, 15) is 5.11 Å². The van der Waals surface area contributed by atoms with Gasteiger partial charge in [-0.2, -0.15) is 0 Å². The average molecular weight is 322 g/mol. The Labute approximate surface area is 140 Å². The Kier molecular flexibility index (Phi) is 4.47. The molecule has 0 saturated carbocycles. The molecule has 0 aliphatic carbocycles. The van der Waals surface area contributed by atoms with Crippen molar-refractivity contribution in [3.8, 4) is 17.2 Å². The number of anilines is 3. The van der Waals surface area contributed by atoms with Crippen molar-refractivity contribution in [3.05, 3.63) is 60.9 Å².